The molecule has 0 saturated heterocycles. The maximum Gasteiger partial charge on any atom is 0.339 e. The van der Waals surface area contributed by atoms with E-state index >= 15 is 0 Å². The Balaban J connectivity index is 3.06. The molecule has 0 aromatic heterocycles. The molecule has 1 rings (SSSR count). The van der Waals surface area contributed by atoms with Crippen molar-refractivity contribution >= 4 is 5.97 Å². The van der Waals surface area contributed by atoms with Gasteiger partial charge in [0.25, 0.3) is 0 Å². The molecule has 0 aliphatic rings. The van der Waals surface area contributed by atoms with Crippen LogP contribution in [0.3, 0.4) is 0 Å². The van der Waals surface area contributed by atoms with Crippen molar-refractivity contribution < 1.29 is 14.6 Å². The molecule has 4 nitrogen and oxygen atoms in total. The number of esters is 1. The number of carbonyl (C=O) groups excluding carboxylic acids is 1. The van der Waals surface area contributed by atoms with Gasteiger partial charge in [-0.2, -0.15) is 5.26 Å². The van der Waals surface area contributed by atoms with Gasteiger partial charge in [0.05, 0.1) is 11.6 Å². The Labute approximate surface area is 100 Å². The molecular formula is C13H15NO3. The summed E-state index contributed by atoms with van der Waals surface area (Å²) in [4.78, 5) is 11.9. The summed E-state index contributed by atoms with van der Waals surface area (Å²) >= 11 is 0. The quantitative estimate of drug-likeness (QED) is 0.628. The Bertz CT molecular complexity index is 454. The van der Waals surface area contributed by atoms with Crippen LogP contribution >= 0.6 is 0 Å². The third-order valence-electron chi connectivity index (χ3n) is 2.00. The molecule has 4 heteroatoms. The lowest BCUT2D eigenvalue weighted by Crippen LogP contribution is -2.24. The minimum Gasteiger partial charge on any atom is -0.456 e. The molecule has 1 aromatic rings. The predicted molar refractivity (Wildman–Crippen MR) is 62.2 cm³/mol. The SMILES string of the molecule is CC(C)(C)OC(=O)c1ccccc1C(O)C#N. The molecule has 0 radical (unpaired) electrons. The predicted octanol–water partition coefficient (Wildman–Crippen LogP) is 2.20. The first-order valence-electron chi connectivity index (χ1n) is 5.25. The fraction of sp³-hybridized carbons (Fsp3) is 0.385. The molecule has 90 valence electrons. The van der Waals surface area contributed by atoms with Gasteiger partial charge in [0.1, 0.15) is 5.60 Å². The van der Waals surface area contributed by atoms with Crippen LogP contribution < -0.4 is 0 Å². The summed E-state index contributed by atoms with van der Waals surface area (Å²) in [6.45, 7) is 5.27. The van der Waals surface area contributed by atoms with E-state index in [0.29, 0.717) is 0 Å². The number of carbonyl (C=O) groups is 1. The fourth-order valence-electron chi connectivity index (χ4n) is 1.32. The molecule has 0 fully saturated rings. The maximum absolute atomic E-state index is 11.9. The molecule has 0 amide bonds. The van der Waals surface area contributed by atoms with Gasteiger partial charge in [0.2, 0.25) is 0 Å². The summed E-state index contributed by atoms with van der Waals surface area (Å²) in [5.41, 5.74) is -0.123. The van der Waals surface area contributed by atoms with Crippen molar-refractivity contribution in [3.05, 3.63) is 35.4 Å². The van der Waals surface area contributed by atoms with Crippen molar-refractivity contribution in [2.24, 2.45) is 0 Å². The van der Waals surface area contributed by atoms with Gasteiger partial charge in [0.15, 0.2) is 6.10 Å². The second-order valence-electron chi connectivity index (χ2n) is 4.62. The summed E-state index contributed by atoms with van der Waals surface area (Å²) in [6, 6.07) is 8.07. The molecule has 1 atom stereocenters. The summed E-state index contributed by atoms with van der Waals surface area (Å²) in [6.07, 6.45) is -1.32. The number of benzene rings is 1. The molecule has 0 heterocycles. The van der Waals surface area contributed by atoms with E-state index in [9.17, 15) is 9.90 Å². The summed E-state index contributed by atoms with van der Waals surface area (Å²) in [7, 11) is 0. The Morgan fingerprint density at radius 3 is 2.53 bits per heavy atom. The van der Waals surface area contributed by atoms with Crippen LogP contribution in [0.5, 0.6) is 0 Å². The van der Waals surface area contributed by atoms with Gasteiger partial charge < -0.3 is 9.84 Å². The van der Waals surface area contributed by atoms with Crippen LogP contribution in [0.25, 0.3) is 0 Å². The van der Waals surface area contributed by atoms with Crippen molar-refractivity contribution in [3.63, 3.8) is 0 Å². The van der Waals surface area contributed by atoms with Crippen LogP contribution in [0.2, 0.25) is 0 Å². The van der Waals surface area contributed by atoms with Crippen LogP contribution in [-0.4, -0.2) is 16.7 Å². The smallest absolute Gasteiger partial charge is 0.339 e. The first-order valence-corrected chi connectivity index (χ1v) is 5.25. The number of hydrogen-bond donors (Lipinski definition) is 1. The minimum atomic E-state index is -1.32. The largest absolute Gasteiger partial charge is 0.456 e. The van der Waals surface area contributed by atoms with E-state index in [2.05, 4.69) is 0 Å². The maximum atomic E-state index is 11.9. The van der Waals surface area contributed by atoms with Gasteiger partial charge in [-0.25, -0.2) is 4.79 Å². The first kappa shape index (κ1) is 13.2. The highest BCUT2D eigenvalue weighted by Crippen LogP contribution is 2.20. The summed E-state index contributed by atoms with van der Waals surface area (Å²) in [5.74, 6) is -0.539. The van der Waals surface area contributed by atoms with Crippen molar-refractivity contribution in [2.45, 2.75) is 32.5 Å². The first-order chi connectivity index (χ1) is 7.85. The van der Waals surface area contributed by atoms with Gasteiger partial charge in [-0.05, 0) is 26.8 Å². The number of ether oxygens (including phenoxy) is 1. The Kier molecular flexibility index (Phi) is 3.87. The Morgan fingerprint density at radius 2 is 2.00 bits per heavy atom. The lowest BCUT2D eigenvalue weighted by Gasteiger charge is -2.20. The lowest BCUT2D eigenvalue weighted by molar-refractivity contribution is 0.00657. The lowest BCUT2D eigenvalue weighted by atomic mass is 10.0. The average Bonchev–Trinajstić information content (AvgIpc) is 2.25. The molecule has 0 aliphatic carbocycles. The molecular weight excluding hydrogens is 218 g/mol. The van der Waals surface area contributed by atoms with Crippen LogP contribution in [0.1, 0.15) is 42.8 Å². The number of nitrogens with zero attached hydrogens (tertiary/aromatic N) is 1. The standard InChI is InChI=1S/C13H15NO3/c1-13(2,3)17-12(16)10-7-5-4-6-9(10)11(15)8-14/h4-7,11,15H,1-3H3. The van der Waals surface area contributed by atoms with Gasteiger partial charge in [-0.15, -0.1) is 0 Å². The molecule has 0 spiro atoms. The van der Waals surface area contributed by atoms with Crippen molar-refractivity contribution in [2.75, 3.05) is 0 Å². The minimum absolute atomic E-state index is 0.219. The Morgan fingerprint density at radius 1 is 1.41 bits per heavy atom. The van der Waals surface area contributed by atoms with E-state index in [1.165, 1.54) is 12.1 Å². The second-order valence-corrected chi connectivity index (χ2v) is 4.62. The highest BCUT2D eigenvalue weighted by atomic mass is 16.6. The zero-order valence-corrected chi connectivity index (χ0v) is 10.1. The number of hydrogen-bond acceptors (Lipinski definition) is 4. The highest BCUT2D eigenvalue weighted by Gasteiger charge is 2.22. The third kappa shape index (κ3) is 3.58. The van der Waals surface area contributed by atoms with E-state index in [4.69, 9.17) is 10.00 Å². The molecule has 1 N–H and O–H groups in total. The molecule has 0 aliphatic heterocycles. The van der Waals surface area contributed by atoms with E-state index in [-0.39, 0.29) is 11.1 Å². The highest BCUT2D eigenvalue weighted by molar-refractivity contribution is 5.91. The molecule has 0 bridgehead atoms. The van der Waals surface area contributed by atoms with E-state index in [1.807, 2.05) is 0 Å². The number of rotatable bonds is 2. The Hall–Kier alpha value is -1.86. The van der Waals surface area contributed by atoms with Crippen LogP contribution in [0.4, 0.5) is 0 Å². The average molecular weight is 233 g/mol. The molecule has 17 heavy (non-hydrogen) atoms. The molecule has 1 unspecified atom stereocenters. The van der Waals surface area contributed by atoms with E-state index < -0.39 is 17.7 Å². The topological polar surface area (TPSA) is 70.3 Å². The monoisotopic (exact) mass is 233 g/mol. The zero-order valence-electron chi connectivity index (χ0n) is 10.1. The zero-order chi connectivity index (χ0) is 13.1. The van der Waals surface area contributed by atoms with Crippen molar-refractivity contribution in [1.29, 1.82) is 5.26 Å². The normalized spacial score (nSPS) is 12.6. The summed E-state index contributed by atoms with van der Waals surface area (Å²) in [5, 5.41) is 18.2. The van der Waals surface area contributed by atoms with E-state index in [1.54, 1.807) is 39.0 Å². The number of aliphatic hydroxyl groups is 1. The fourth-order valence-corrected chi connectivity index (χ4v) is 1.32. The van der Waals surface area contributed by atoms with Crippen LogP contribution in [-0.2, 0) is 4.74 Å². The molecule has 0 saturated carbocycles. The number of aliphatic hydroxyl groups excluding tert-OH is 1. The van der Waals surface area contributed by atoms with Crippen LogP contribution in [0.15, 0.2) is 24.3 Å². The molecule has 1 aromatic carbocycles. The van der Waals surface area contributed by atoms with Crippen molar-refractivity contribution in [3.8, 4) is 6.07 Å². The van der Waals surface area contributed by atoms with Gasteiger partial charge in [0, 0.05) is 5.56 Å². The van der Waals surface area contributed by atoms with Gasteiger partial charge in [-0.3, -0.25) is 0 Å². The summed E-state index contributed by atoms with van der Waals surface area (Å²) < 4.78 is 5.20. The number of nitriles is 1. The van der Waals surface area contributed by atoms with Gasteiger partial charge in [-0.1, -0.05) is 18.2 Å². The van der Waals surface area contributed by atoms with E-state index in [0.717, 1.165) is 0 Å². The van der Waals surface area contributed by atoms with Crippen LogP contribution in [0, 0.1) is 11.3 Å². The third-order valence-corrected chi connectivity index (χ3v) is 2.00. The van der Waals surface area contributed by atoms with Crippen molar-refractivity contribution in [1.82, 2.24) is 0 Å². The van der Waals surface area contributed by atoms with Gasteiger partial charge >= 0.3 is 5.97 Å². The second kappa shape index (κ2) is 4.98.